The van der Waals surface area contributed by atoms with Gasteiger partial charge < -0.3 is 4.74 Å². The third-order valence-corrected chi connectivity index (χ3v) is 3.28. The molecule has 0 bridgehead atoms. The maximum Gasteiger partial charge on any atom is 0.345 e. The molecule has 1 heterocycles. The maximum atomic E-state index is 11.6. The number of nitrogens with zero attached hydrogens (tertiary/aromatic N) is 1. The molecule has 0 saturated carbocycles. The Balaban J connectivity index is 1.89. The molecule has 88 valence electrons. The lowest BCUT2D eigenvalue weighted by atomic mass is 10.1. The highest BCUT2D eigenvalue weighted by Crippen LogP contribution is 2.25. The van der Waals surface area contributed by atoms with E-state index in [-0.39, 0.29) is 5.97 Å². The number of hydrogen-bond acceptors (Lipinski definition) is 4. The minimum atomic E-state index is -0.335. The number of esters is 1. The highest BCUT2D eigenvalue weighted by Gasteiger charge is 2.27. The summed E-state index contributed by atoms with van der Waals surface area (Å²) in [6.07, 6.45) is 0. The molecule has 0 atom stereocenters. The van der Waals surface area contributed by atoms with Gasteiger partial charge in [0.25, 0.3) is 0 Å². The van der Waals surface area contributed by atoms with E-state index in [1.54, 1.807) is 6.07 Å². The summed E-state index contributed by atoms with van der Waals surface area (Å²) in [5.41, 5.74) is 1.33. The topological polar surface area (TPSA) is 38.7 Å². The van der Waals surface area contributed by atoms with Gasteiger partial charge in [0.2, 0.25) is 5.90 Å². The van der Waals surface area contributed by atoms with Crippen LogP contribution < -0.4 is 0 Å². The van der Waals surface area contributed by atoms with Gasteiger partial charge >= 0.3 is 5.97 Å². The van der Waals surface area contributed by atoms with Crippen LogP contribution in [-0.4, -0.2) is 11.9 Å². The predicted octanol–water partition coefficient (Wildman–Crippen LogP) is 3.31. The molecular weight excluding hydrogens is 246 g/mol. The van der Waals surface area contributed by atoms with Gasteiger partial charge in [0.15, 0.2) is 0 Å². The quantitative estimate of drug-likeness (QED) is 0.610. The number of ether oxygens (including phenoxy) is 1. The van der Waals surface area contributed by atoms with E-state index >= 15 is 0 Å². The molecule has 2 aromatic carbocycles. The standard InChI is InChI=1S/C14H9NO2S/c16-14-12-9-5-4-8-11(12)13(17-14)15-18-10-6-2-1-3-7-10/h1-9H/b15-13-. The molecule has 1 aliphatic heterocycles. The van der Waals surface area contributed by atoms with Gasteiger partial charge in [-0.3, -0.25) is 0 Å². The lowest BCUT2D eigenvalue weighted by Gasteiger charge is -1.97. The van der Waals surface area contributed by atoms with Gasteiger partial charge in [0.1, 0.15) is 0 Å². The molecule has 4 heteroatoms. The van der Waals surface area contributed by atoms with Crippen molar-refractivity contribution in [1.82, 2.24) is 0 Å². The Morgan fingerprint density at radius 1 is 0.889 bits per heavy atom. The van der Waals surface area contributed by atoms with E-state index in [1.807, 2.05) is 48.5 Å². The summed E-state index contributed by atoms with van der Waals surface area (Å²) in [5, 5.41) is 0. The number of carbonyl (C=O) groups is 1. The fourth-order valence-corrected chi connectivity index (χ4v) is 2.29. The fraction of sp³-hybridized carbons (Fsp3) is 0. The van der Waals surface area contributed by atoms with Crippen LogP contribution in [0.15, 0.2) is 63.9 Å². The summed E-state index contributed by atoms with van der Waals surface area (Å²) in [4.78, 5) is 12.6. The summed E-state index contributed by atoms with van der Waals surface area (Å²) < 4.78 is 9.42. The average molecular weight is 255 g/mol. The van der Waals surface area contributed by atoms with Crippen LogP contribution in [0, 0.1) is 0 Å². The van der Waals surface area contributed by atoms with Crippen molar-refractivity contribution in [3.8, 4) is 0 Å². The van der Waals surface area contributed by atoms with Gasteiger partial charge in [-0.05, 0) is 24.3 Å². The van der Waals surface area contributed by atoms with Gasteiger partial charge in [-0.1, -0.05) is 30.3 Å². The molecule has 0 radical (unpaired) electrons. The first-order valence-electron chi connectivity index (χ1n) is 5.46. The Labute approximate surface area is 109 Å². The number of cyclic esters (lactones) is 1. The van der Waals surface area contributed by atoms with Gasteiger partial charge in [0.05, 0.1) is 11.1 Å². The number of hydrogen-bond donors (Lipinski definition) is 0. The van der Waals surface area contributed by atoms with Crippen molar-refractivity contribution in [2.75, 3.05) is 0 Å². The number of rotatable bonds is 2. The monoisotopic (exact) mass is 255 g/mol. The smallest absolute Gasteiger partial charge is 0.345 e. The molecule has 2 aromatic rings. The molecule has 3 nitrogen and oxygen atoms in total. The Morgan fingerprint density at radius 2 is 1.56 bits per heavy atom. The molecule has 0 aromatic heterocycles. The molecule has 0 unspecified atom stereocenters. The van der Waals surface area contributed by atoms with Crippen LogP contribution in [0.1, 0.15) is 15.9 Å². The van der Waals surface area contributed by atoms with E-state index in [0.29, 0.717) is 11.5 Å². The molecule has 1 aliphatic rings. The van der Waals surface area contributed by atoms with E-state index in [2.05, 4.69) is 4.40 Å². The van der Waals surface area contributed by atoms with Crippen LogP contribution in [0.3, 0.4) is 0 Å². The Morgan fingerprint density at radius 3 is 2.33 bits per heavy atom. The van der Waals surface area contributed by atoms with E-state index in [0.717, 1.165) is 10.5 Å². The van der Waals surface area contributed by atoms with E-state index in [9.17, 15) is 4.79 Å². The van der Waals surface area contributed by atoms with Gasteiger partial charge in [-0.25, -0.2) is 4.79 Å². The minimum Gasteiger partial charge on any atom is -0.403 e. The molecule has 0 amide bonds. The first-order chi connectivity index (χ1) is 8.84. The fourth-order valence-electron chi connectivity index (χ4n) is 1.69. The zero-order valence-corrected chi connectivity index (χ0v) is 10.2. The van der Waals surface area contributed by atoms with Crippen molar-refractivity contribution in [2.24, 2.45) is 4.40 Å². The second kappa shape index (κ2) is 4.66. The van der Waals surface area contributed by atoms with Gasteiger partial charge in [-0.2, -0.15) is 4.40 Å². The van der Waals surface area contributed by atoms with Crippen molar-refractivity contribution in [2.45, 2.75) is 4.90 Å². The summed E-state index contributed by atoms with van der Waals surface area (Å²) in [6, 6.07) is 17.0. The highest BCUT2D eigenvalue weighted by atomic mass is 32.2. The van der Waals surface area contributed by atoms with Crippen LogP contribution in [0.2, 0.25) is 0 Å². The second-order valence-electron chi connectivity index (χ2n) is 3.74. The zero-order valence-electron chi connectivity index (χ0n) is 9.37. The average Bonchev–Trinajstić information content (AvgIpc) is 2.75. The molecule has 0 spiro atoms. The maximum absolute atomic E-state index is 11.6. The molecule has 3 rings (SSSR count). The second-order valence-corrected chi connectivity index (χ2v) is 4.57. The van der Waals surface area contributed by atoms with Gasteiger partial charge in [-0.15, -0.1) is 0 Å². The van der Waals surface area contributed by atoms with Crippen molar-refractivity contribution in [3.05, 3.63) is 65.7 Å². The highest BCUT2D eigenvalue weighted by molar-refractivity contribution is 7.98. The number of carbonyl (C=O) groups excluding carboxylic acids is 1. The van der Waals surface area contributed by atoms with Crippen LogP contribution in [0.5, 0.6) is 0 Å². The normalized spacial score (nSPS) is 15.6. The summed E-state index contributed by atoms with van der Waals surface area (Å²) >= 11 is 1.29. The molecule has 0 aliphatic carbocycles. The summed E-state index contributed by atoms with van der Waals surface area (Å²) in [5.74, 6) is 0.0439. The lowest BCUT2D eigenvalue weighted by molar-refractivity contribution is 0.0738. The van der Waals surface area contributed by atoms with Crippen molar-refractivity contribution >= 4 is 23.8 Å². The van der Waals surface area contributed by atoms with Crippen molar-refractivity contribution < 1.29 is 9.53 Å². The van der Waals surface area contributed by atoms with E-state index in [1.165, 1.54) is 11.9 Å². The first kappa shape index (κ1) is 11.0. The Hall–Kier alpha value is -2.07. The number of benzene rings is 2. The molecule has 0 saturated heterocycles. The van der Waals surface area contributed by atoms with Crippen LogP contribution >= 0.6 is 11.9 Å². The van der Waals surface area contributed by atoms with Crippen molar-refractivity contribution in [3.63, 3.8) is 0 Å². The Kier molecular flexibility index (Phi) is 2.86. The molecule has 0 fully saturated rings. The van der Waals surface area contributed by atoms with Crippen LogP contribution in [0.25, 0.3) is 0 Å². The third-order valence-electron chi connectivity index (χ3n) is 2.54. The molecule has 18 heavy (non-hydrogen) atoms. The summed E-state index contributed by atoms with van der Waals surface area (Å²) in [7, 11) is 0. The van der Waals surface area contributed by atoms with Crippen LogP contribution in [0.4, 0.5) is 0 Å². The largest absolute Gasteiger partial charge is 0.403 e. The van der Waals surface area contributed by atoms with E-state index in [4.69, 9.17) is 4.74 Å². The Bertz CT molecular complexity index is 623. The predicted molar refractivity (Wildman–Crippen MR) is 70.7 cm³/mol. The molecular formula is C14H9NO2S. The first-order valence-corrected chi connectivity index (χ1v) is 6.23. The summed E-state index contributed by atoms with van der Waals surface area (Å²) in [6.45, 7) is 0. The van der Waals surface area contributed by atoms with Gasteiger partial charge in [0, 0.05) is 16.8 Å². The minimum absolute atomic E-state index is 0.335. The number of fused-ring (bicyclic) bond motifs is 1. The lowest BCUT2D eigenvalue weighted by Crippen LogP contribution is -1.98. The van der Waals surface area contributed by atoms with Crippen molar-refractivity contribution in [1.29, 1.82) is 0 Å². The third kappa shape index (κ3) is 2.02. The zero-order chi connectivity index (χ0) is 12.4. The van der Waals surface area contributed by atoms with Crippen LogP contribution in [-0.2, 0) is 4.74 Å². The van der Waals surface area contributed by atoms with E-state index < -0.39 is 0 Å². The molecule has 0 N–H and O–H groups in total. The SMILES string of the molecule is O=C1O/C(=N\Sc2ccccc2)c2ccccc21.